The highest BCUT2D eigenvalue weighted by Gasteiger charge is 2.30. The predicted octanol–water partition coefficient (Wildman–Crippen LogP) is 3.47. The van der Waals surface area contributed by atoms with Crippen molar-refractivity contribution in [3.63, 3.8) is 0 Å². The van der Waals surface area contributed by atoms with Gasteiger partial charge in [-0.25, -0.2) is 4.98 Å². The van der Waals surface area contributed by atoms with Crippen LogP contribution in [0.5, 0.6) is 0 Å². The smallest absolute Gasteiger partial charge is 0.394 e. The molecule has 1 aromatic carbocycles. The van der Waals surface area contributed by atoms with Gasteiger partial charge in [0.05, 0.1) is 17.4 Å². The molecule has 4 nitrogen and oxygen atoms in total. The number of rotatable bonds is 2. The number of aromatic nitrogens is 2. The summed E-state index contributed by atoms with van der Waals surface area (Å²) in [5, 5.41) is 2.61. The number of halogens is 4. The first-order valence-electron chi connectivity index (χ1n) is 5.08. The number of alkyl halides is 3. The van der Waals surface area contributed by atoms with Gasteiger partial charge in [0, 0.05) is 5.69 Å². The highest BCUT2D eigenvalue weighted by atomic mass is 35.5. The first kappa shape index (κ1) is 13.4. The number of hydrogen-bond donors (Lipinski definition) is 2. The molecule has 0 bridgehead atoms. The Morgan fingerprint density at radius 3 is 2.68 bits per heavy atom. The molecule has 100 valence electrons. The third-order valence-corrected chi connectivity index (χ3v) is 2.42. The summed E-state index contributed by atoms with van der Waals surface area (Å²) in [7, 11) is 0. The van der Waals surface area contributed by atoms with Crippen LogP contribution < -0.4 is 11.1 Å². The summed E-state index contributed by atoms with van der Waals surface area (Å²) >= 11 is 5.59. The molecule has 19 heavy (non-hydrogen) atoms. The van der Waals surface area contributed by atoms with Crippen molar-refractivity contribution < 1.29 is 13.2 Å². The molecule has 0 aliphatic carbocycles. The van der Waals surface area contributed by atoms with Crippen molar-refractivity contribution >= 4 is 28.8 Å². The molecular formula is C11H8ClF3N4. The van der Waals surface area contributed by atoms with E-state index < -0.39 is 11.7 Å². The molecule has 8 heteroatoms. The molecule has 0 fully saturated rings. The second-order valence-corrected chi connectivity index (χ2v) is 3.98. The Balaban J connectivity index is 2.31. The van der Waals surface area contributed by atoms with Crippen LogP contribution in [0.25, 0.3) is 0 Å². The molecule has 0 saturated heterocycles. The van der Waals surface area contributed by atoms with E-state index in [0.29, 0.717) is 0 Å². The molecule has 0 atom stereocenters. The Kier molecular flexibility index (Phi) is 3.48. The lowest BCUT2D eigenvalue weighted by molar-refractivity contribution is -0.137. The van der Waals surface area contributed by atoms with Gasteiger partial charge in [0.1, 0.15) is 0 Å². The van der Waals surface area contributed by atoms with Gasteiger partial charge < -0.3 is 11.1 Å². The summed E-state index contributed by atoms with van der Waals surface area (Å²) in [6.45, 7) is 0. The van der Waals surface area contributed by atoms with Crippen molar-refractivity contribution in [2.75, 3.05) is 11.1 Å². The third-order valence-electron chi connectivity index (χ3n) is 2.24. The summed E-state index contributed by atoms with van der Waals surface area (Å²) in [4.78, 5) is 7.44. The summed E-state index contributed by atoms with van der Waals surface area (Å²) in [6, 6.07) is 4.67. The molecule has 1 heterocycles. The van der Waals surface area contributed by atoms with Gasteiger partial charge in [0.15, 0.2) is 5.82 Å². The minimum atomic E-state index is -4.41. The zero-order chi connectivity index (χ0) is 14.0. The van der Waals surface area contributed by atoms with Crippen LogP contribution in [0.15, 0.2) is 30.5 Å². The van der Waals surface area contributed by atoms with E-state index in [1.165, 1.54) is 18.3 Å². The lowest BCUT2D eigenvalue weighted by atomic mass is 10.2. The van der Waals surface area contributed by atoms with Gasteiger partial charge >= 0.3 is 6.18 Å². The molecule has 0 aliphatic rings. The monoisotopic (exact) mass is 288 g/mol. The van der Waals surface area contributed by atoms with E-state index in [-0.39, 0.29) is 22.5 Å². The largest absolute Gasteiger partial charge is 0.416 e. The topological polar surface area (TPSA) is 63.8 Å². The Hall–Kier alpha value is -2.02. The SMILES string of the molecule is Nc1cnc(Cl)nc1Nc1cccc(C(F)(F)F)c1. The van der Waals surface area contributed by atoms with Gasteiger partial charge in [0.2, 0.25) is 5.28 Å². The summed E-state index contributed by atoms with van der Waals surface area (Å²) in [5.74, 6) is 0.152. The summed E-state index contributed by atoms with van der Waals surface area (Å²) < 4.78 is 37.7. The average molecular weight is 289 g/mol. The second kappa shape index (κ2) is 4.93. The minimum absolute atomic E-state index is 0.0522. The highest BCUT2D eigenvalue weighted by Crippen LogP contribution is 2.31. The maximum absolute atomic E-state index is 12.6. The van der Waals surface area contributed by atoms with Crippen LogP contribution in [-0.4, -0.2) is 9.97 Å². The number of nitrogens with one attached hydrogen (secondary N) is 1. The molecule has 0 spiro atoms. The highest BCUT2D eigenvalue weighted by molar-refractivity contribution is 6.28. The Morgan fingerprint density at radius 2 is 2.00 bits per heavy atom. The first-order chi connectivity index (χ1) is 8.86. The third kappa shape index (κ3) is 3.25. The number of nitrogens with two attached hydrogens (primary N) is 1. The quantitative estimate of drug-likeness (QED) is 0.831. The summed E-state index contributed by atoms with van der Waals surface area (Å²) in [6.07, 6.45) is -3.14. The standard InChI is InChI=1S/C11H8ClF3N4/c12-10-17-5-8(16)9(19-10)18-7-3-1-2-6(4-7)11(13,14)15/h1-5H,16H2,(H,17,18,19). The van der Waals surface area contributed by atoms with Gasteiger partial charge in [-0.15, -0.1) is 0 Å². The van der Waals surface area contributed by atoms with Crippen LogP contribution in [0.2, 0.25) is 5.28 Å². The molecule has 1 aromatic heterocycles. The zero-order valence-electron chi connectivity index (χ0n) is 9.37. The Labute approximate surface area is 111 Å². The van der Waals surface area contributed by atoms with Crippen molar-refractivity contribution in [3.8, 4) is 0 Å². The fourth-order valence-electron chi connectivity index (χ4n) is 1.38. The second-order valence-electron chi connectivity index (χ2n) is 3.65. The van der Waals surface area contributed by atoms with E-state index >= 15 is 0 Å². The molecule has 3 N–H and O–H groups in total. The van der Waals surface area contributed by atoms with Crippen molar-refractivity contribution in [1.29, 1.82) is 0 Å². The zero-order valence-corrected chi connectivity index (χ0v) is 10.1. The molecular weight excluding hydrogens is 281 g/mol. The van der Waals surface area contributed by atoms with E-state index in [2.05, 4.69) is 15.3 Å². The molecule has 0 amide bonds. The maximum atomic E-state index is 12.6. The number of benzene rings is 1. The average Bonchev–Trinajstić information content (AvgIpc) is 2.33. The van der Waals surface area contributed by atoms with E-state index in [1.807, 2.05) is 0 Å². The van der Waals surface area contributed by atoms with Crippen LogP contribution >= 0.6 is 11.6 Å². The Morgan fingerprint density at radius 1 is 1.26 bits per heavy atom. The molecule has 2 aromatic rings. The Bertz CT molecular complexity index is 601. The van der Waals surface area contributed by atoms with Crippen LogP contribution in [0.3, 0.4) is 0 Å². The van der Waals surface area contributed by atoms with Crippen LogP contribution in [0.1, 0.15) is 5.56 Å². The fraction of sp³-hybridized carbons (Fsp3) is 0.0909. The van der Waals surface area contributed by atoms with E-state index in [4.69, 9.17) is 17.3 Å². The molecule has 0 unspecified atom stereocenters. The van der Waals surface area contributed by atoms with Gasteiger partial charge in [-0.2, -0.15) is 18.2 Å². The fourth-order valence-corrected chi connectivity index (χ4v) is 1.51. The number of hydrogen-bond acceptors (Lipinski definition) is 4. The number of nitrogens with zero attached hydrogens (tertiary/aromatic N) is 2. The molecule has 0 saturated carbocycles. The van der Waals surface area contributed by atoms with Gasteiger partial charge in [0.25, 0.3) is 0 Å². The van der Waals surface area contributed by atoms with Crippen molar-refractivity contribution in [2.45, 2.75) is 6.18 Å². The lowest BCUT2D eigenvalue weighted by Gasteiger charge is -2.11. The van der Waals surface area contributed by atoms with Crippen LogP contribution in [0.4, 0.5) is 30.4 Å². The summed E-state index contributed by atoms with van der Waals surface area (Å²) in [5.41, 5.74) is 5.21. The van der Waals surface area contributed by atoms with Gasteiger partial charge in [-0.1, -0.05) is 6.07 Å². The van der Waals surface area contributed by atoms with Crippen molar-refractivity contribution in [3.05, 3.63) is 41.3 Å². The minimum Gasteiger partial charge on any atom is -0.394 e. The van der Waals surface area contributed by atoms with Crippen LogP contribution in [0, 0.1) is 0 Å². The van der Waals surface area contributed by atoms with Crippen LogP contribution in [-0.2, 0) is 6.18 Å². The van der Waals surface area contributed by atoms with E-state index in [1.54, 1.807) is 0 Å². The lowest BCUT2D eigenvalue weighted by Crippen LogP contribution is -2.06. The maximum Gasteiger partial charge on any atom is 0.416 e. The molecule has 2 rings (SSSR count). The number of anilines is 3. The van der Waals surface area contributed by atoms with E-state index in [9.17, 15) is 13.2 Å². The van der Waals surface area contributed by atoms with Crippen molar-refractivity contribution in [1.82, 2.24) is 9.97 Å². The molecule has 0 aliphatic heterocycles. The molecule has 0 radical (unpaired) electrons. The number of nitrogen functional groups attached to an aromatic ring is 1. The predicted molar refractivity (Wildman–Crippen MR) is 66.2 cm³/mol. The normalized spacial score (nSPS) is 11.4. The van der Waals surface area contributed by atoms with Crippen molar-refractivity contribution in [2.24, 2.45) is 0 Å². The first-order valence-corrected chi connectivity index (χ1v) is 5.46. The van der Waals surface area contributed by atoms with E-state index in [0.717, 1.165) is 12.1 Å². The van der Waals surface area contributed by atoms with Gasteiger partial charge in [-0.05, 0) is 29.8 Å². The van der Waals surface area contributed by atoms with Gasteiger partial charge in [-0.3, -0.25) is 0 Å².